The van der Waals surface area contributed by atoms with Crippen molar-refractivity contribution in [3.05, 3.63) is 53.7 Å². The number of amides is 1. The molecule has 1 aliphatic rings. The average molecular weight is 362 g/mol. The molecule has 1 amide bonds. The van der Waals surface area contributed by atoms with Gasteiger partial charge < -0.3 is 24.1 Å². The first-order chi connectivity index (χ1) is 12.5. The Hall–Kier alpha value is -2.38. The van der Waals surface area contributed by atoms with E-state index in [0.29, 0.717) is 31.9 Å². The third-order valence-electron chi connectivity index (χ3n) is 4.07. The molecule has 2 heterocycles. The molecule has 1 saturated heterocycles. The zero-order chi connectivity index (χ0) is 18.5. The van der Waals surface area contributed by atoms with Crippen LogP contribution in [-0.2, 0) is 11.3 Å². The molecule has 1 N–H and O–H groups in total. The highest BCUT2D eigenvalue weighted by atomic mass is 19.1. The predicted molar refractivity (Wildman–Crippen MR) is 93.6 cm³/mol. The van der Waals surface area contributed by atoms with Crippen LogP contribution in [0.4, 0.5) is 4.39 Å². The minimum Gasteiger partial charge on any atom is -0.488 e. The third-order valence-corrected chi connectivity index (χ3v) is 4.07. The van der Waals surface area contributed by atoms with E-state index in [1.807, 2.05) is 19.0 Å². The molecule has 0 bridgehead atoms. The predicted octanol–water partition coefficient (Wildman–Crippen LogP) is 2.45. The number of benzene rings is 1. The van der Waals surface area contributed by atoms with Gasteiger partial charge in [0, 0.05) is 6.42 Å². The van der Waals surface area contributed by atoms with Crippen LogP contribution < -0.4 is 10.1 Å². The summed E-state index contributed by atoms with van der Waals surface area (Å²) in [5, 5.41) is 2.91. The number of nitrogens with one attached hydrogen (secondary N) is 1. The molecular formula is C19H23FN2O4. The van der Waals surface area contributed by atoms with Gasteiger partial charge in [-0.05, 0) is 50.5 Å². The molecule has 0 saturated carbocycles. The van der Waals surface area contributed by atoms with Crippen LogP contribution in [0, 0.1) is 5.82 Å². The number of rotatable bonds is 6. The summed E-state index contributed by atoms with van der Waals surface area (Å²) in [6, 6.07) is 8.97. The number of furan rings is 1. The molecular weight excluding hydrogens is 339 g/mol. The number of carbonyl (C=O) groups is 1. The van der Waals surface area contributed by atoms with Crippen molar-refractivity contribution < 1.29 is 23.1 Å². The van der Waals surface area contributed by atoms with Crippen molar-refractivity contribution in [3.63, 3.8) is 0 Å². The Morgan fingerprint density at radius 3 is 2.77 bits per heavy atom. The topological polar surface area (TPSA) is 63.9 Å². The lowest BCUT2D eigenvalue weighted by molar-refractivity contribution is -0.00325. The van der Waals surface area contributed by atoms with Gasteiger partial charge in [-0.1, -0.05) is 0 Å². The fourth-order valence-electron chi connectivity index (χ4n) is 2.82. The molecule has 0 radical (unpaired) electrons. The molecule has 2 aromatic rings. The number of hydrogen-bond donors (Lipinski definition) is 1. The maximum atomic E-state index is 13.0. The van der Waals surface area contributed by atoms with Crippen LogP contribution in [-0.4, -0.2) is 50.3 Å². The Kier molecular flexibility index (Phi) is 5.90. The number of carbonyl (C=O) groups excluding carboxylic acids is 1. The molecule has 1 aromatic carbocycles. The summed E-state index contributed by atoms with van der Waals surface area (Å²) in [5.41, 5.74) is 0. The first kappa shape index (κ1) is 18.4. The van der Waals surface area contributed by atoms with Crippen molar-refractivity contribution in [1.29, 1.82) is 0 Å². The summed E-state index contributed by atoms with van der Waals surface area (Å²) in [4.78, 5) is 14.4. The molecule has 26 heavy (non-hydrogen) atoms. The third kappa shape index (κ3) is 4.83. The van der Waals surface area contributed by atoms with Gasteiger partial charge in [0.2, 0.25) is 0 Å². The second-order valence-electron chi connectivity index (χ2n) is 6.56. The second-order valence-corrected chi connectivity index (χ2v) is 6.56. The van der Waals surface area contributed by atoms with Crippen LogP contribution in [0.5, 0.6) is 5.75 Å². The first-order valence-corrected chi connectivity index (χ1v) is 8.55. The van der Waals surface area contributed by atoms with Crippen LogP contribution >= 0.6 is 0 Å². The van der Waals surface area contributed by atoms with Gasteiger partial charge in [-0.15, -0.1) is 0 Å². The number of hydrogen-bond acceptors (Lipinski definition) is 5. The molecule has 1 aromatic heterocycles. The van der Waals surface area contributed by atoms with E-state index in [1.165, 1.54) is 12.1 Å². The van der Waals surface area contributed by atoms with Crippen molar-refractivity contribution in [1.82, 2.24) is 10.2 Å². The lowest BCUT2D eigenvalue weighted by Crippen LogP contribution is -2.51. The lowest BCUT2D eigenvalue weighted by Gasteiger charge is -2.32. The van der Waals surface area contributed by atoms with Gasteiger partial charge >= 0.3 is 0 Å². The summed E-state index contributed by atoms with van der Waals surface area (Å²) in [6.07, 6.45) is 0.376. The lowest BCUT2D eigenvalue weighted by atomic mass is 10.1. The molecule has 1 aliphatic heterocycles. The molecule has 0 unspecified atom stereocenters. The van der Waals surface area contributed by atoms with Crippen LogP contribution in [0.1, 0.15) is 22.7 Å². The minimum atomic E-state index is -0.319. The van der Waals surface area contributed by atoms with Crippen LogP contribution in [0.15, 0.2) is 40.8 Å². The average Bonchev–Trinajstić information content (AvgIpc) is 3.06. The smallest absolute Gasteiger partial charge is 0.287 e. The second kappa shape index (κ2) is 8.33. The van der Waals surface area contributed by atoms with Gasteiger partial charge in [0.25, 0.3) is 5.91 Å². The van der Waals surface area contributed by atoms with Crippen molar-refractivity contribution in [2.75, 3.05) is 27.3 Å². The highest BCUT2D eigenvalue weighted by Crippen LogP contribution is 2.19. The van der Waals surface area contributed by atoms with E-state index < -0.39 is 0 Å². The van der Waals surface area contributed by atoms with Crippen LogP contribution in [0.2, 0.25) is 0 Å². The fraction of sp³-hybridized carbons (Fsp3) is 0.421. The van der Waals surface area contributed by atoms with Gasteiger partial charge in [0.1, 0.15) is 23.4 Å². The molecule has 7 heteroatoms. The number of nitrogens with zero attached hydrogens (tertiary/aromatic N) is 1. The molecule has 0 spiro atoms. The number of halogens is 1. The Morgan fingerprint density at radius 1 is 1.27 bits per heavy atom. The van der Waals surface area contributed by atoms with Crippen LogP contribution in [0.25, 0.3) is 0 Å². The SMILES string of the molecule is CN(C)Cc1ccc(C(=O)N[C@@H]2COCC[C@@H]2Oc2ccc(F)cc2)o1. The van der Waals surface area contributed by atoms with Gasteiger partial charge in [-0.2, -0.15) is 0 Å². The summed E-state index contributed by atoms with van der Waals surface area (Å²) >= 11 is 0. The van der Waals surface area contributed by atoms with Crippen LogP contribution in [0.3, 0.4) is 0 Å². The van der Waals surface area contributed by atoms with E-state index in [2.05, 4.69) is 5.32 Å². The quantitative estimate of drug-likeness (QED) is 0.855. The fourth-order valence-corrected chi connectivity index (χ4v) is 2.82. The molecule has 0 aliphatic carbocycles. The van der Waals surface area contributed by atoms with Crippen molar-refractivity contribution in [2.45, 2.75) is 25.1 Å². The van der Waals surface area contributed by atoms with E-state index in [9.17, 15) is 9.18 Å². The Bertz CT molecular complexity index is 729. The zero-order valence-electron chi connectivity index (χ0n) is 14.9. The minimum absolute atomic E-state index is 0.255. The molecule has 6 nitrogen and oxygen atoms in total. The van der Waals surface area contributed by atoms with E-state index in [-0.39, 0.29) is 29.6 Å². The maximum absolute atomic E-state index is 13.0. The zero-order valence-corrected chi connectivity index (χ0v) is 14.9. The van der Waals surface area contributed by atoms with Crippen molar-refractivity contribution in [3.8, 4) is 5.75 Å². The van der Waals surface area contributed by atoms with E-state index in [4.69, 9.17) is 13.9 Å². The highest BCUT2D eigenvalue weighted by molar-refractivity contribution is 5.91. The Morgan fingerprint density at radius 2 is 2.04 bits per heavy atom. The highest BCUT2D eigenvalue weighted by Gasteiger charge is 2.30. The summed E-state index contributed by atoms with van der Waals surface area (Å²) in [6.45, 7) is 1.52. The van der Waals surface area contributed by atoms with Crippen molar-refractivity contribution in [2.24, 2.45) is 0 Å². The molecule has 140 valence electrons. The van der Waals surface area contributed by atoms with Crippen molar-refractivity contribution >= 4 is 5.91 Å². The largest absolute Gasteiger partial charge is 0.488 e. The Labute approximate surface area is 151 Å². The first-order valence-electron chi connectivity index (χ1n) is 8.55. The Balaban J connectivity index is 1.63. The summed E-state index contributed by atoms with van der Waals surface area (Å²) < 4.78 is 30.0. The van der Waals surface area contributed by atoms with Gasteiger partial charge in [-0.25, -0.2) is 4.39 Å². The molecule has 2 atom stereocenters. The van der Waals surface area contributed by atoms with E-state index in [1.54, 1.807) is 24.3 Å². The summed E-state index contributed by atoms with van der Waals surface area (Å²) in [7, 11) is 3.86. The normalized spacial score (nSPS) is 20.2. The monoisotopic (exact) mass is 362 g/mol. The van der Waals surface area contributed by atoms with Gasteiger partial charge in [0.15, 0.2) is 5.76 Å². The standard InChI is InChI=1S/C19H23FN2O4/c1-22(2)11-15-7-8-18(26-15)19(23)21-16-12-24-10-9-17(16)25-14-5-3-13(20)4-6-14/h3-8,16-17H,9-12H2,1-2H3,(H,21,23)/t16-,17+/m1/s1. The molecule has 3 rings (SSSR count). The van der Waals surface area contributed by atoms with E-state index in [0.717, 1.165) is 5.76 Å². The molecule has 1 fully saturated rings. The maximum Gasteiger partial charge on any atom is 0.287 e. The van der Waals surface area contributed by atoms with E-state index >= 15 is 0 Å². The van der Waals surface area contributed by atoms with Gasteiger partial charge in [0.05, 0.1) is 25.8 Å². The summed E-state index contributed by atoms with van der Waals surface area (Å²) in [5.74, 6) is 0.912. The van der Waals surface area contributed by atoms with Gasteiger partial charge in [-0.3, -0.25) is 4.79 Å². The number of ether oxygens (including phenoxy) is 2.